The van der Waals surface area contributed by atoms with E-state index in [0.29, 0.717) is 25.0 Å². The van der Waals surface area contributed by atoms with Crippen molar-refractivity contribution in [2.24, 2.45) is 5.92 Å². The molecule has 0 radical (unpaired) electrons. The number of aliphatic hydroxyl groups is 1. The molecule has 6 nitrogen and oxygen atoms in total. The molecule has 0 saturated carbocycles. The lowest BCUT2D eigenvalue weighted by molar-refractivity contribution is -0.161. The zero-order valence-electron chi connectivity index (χ0n) is 29.8. The molecule has 0 aromatic carbocycles. The predicted octanol–water partition coefficient (Wildman–Crippen LogP) is 10.6. The summed E-state index contributed by atoms with van der Waals surface area (Å²) in [5, 5.41) is 9.54. The third-order valence-corrected chi connectivity index (χ3v) is 8.91. The van der Waals surface area contributed by atoms with E-state index in [9.17, 15) is 14.7 Å². The standard InChI is InChI=1S/C39H72O6/c1-4-5-22-28-36-37(45-36)29-24-19-15-12-13-17-21-26-31-39(42)44-35(32-40)33-43-38(41)30-25-20-16-11-9-7-6-8-10-14-18-23-27-34(2)3/h19,24,34-37,40H,4-18,20-23,25-33H2,1-3H3/b24-19-/t35-,36?,37?/m0/s1. The number of epoxide rings is 1. The van der Waals surface area contributed by atoms with Crippen molar-refractivity contribution in [3.63, 3.8) is 0 Å². The summed E-state index contributed by atoms with van der Waals surface area (Å²) in [5.41, 5.74) is 0. The Kier molecular flexibility index (Phi) is 27.7. The van der Waals surface area contributed by atoms with Crippen molar-refractivity contribution >= 4 is 11.9 Å². The van der Waals surface area contributed by atoms with Gasteiger partial charge in [0.2, 0.25) is 0 Å². The molecule has 3 atom stereocenters. The van der Waals surface area contributed by atoms with Gasteiger partial charge in [0.25, 0.3) is 0 Å². The largest absolute Gasteiger partial charge is 0.462 e. The van der Waals surface area contributed by atoms with Crippen LogP contribution in [0.25, 0.3) is 0 Å². The minimum Gasteiger partial charge on any atom is -0.462 e. The molecule has 2 unspecified atom stereocenters. The highest BCUT2D eigenvalue weighted by molar-refractivity contribution is 5.70. The van der Waals surface area contributed by atoms with Gasteiger partial charge < -0.3 is 19.3 Å². The zero-order chi connectivity index (χ0) is 32.8. The maximum Gasteiger partial charge on any atom is 0.306 e. The Labute approximate surface area is 277 Å². The van der Waals surface area contributed by atoms with E-state index < -0.39 is 6.10 Å². The molecule has 45 heavy (non-hydrogen) atoms. The van der Waals surface area contributed by atoms with Crippen molar-refractivity contribution in [3.8, 4) is 0 Å². The van der Waals surface area contributed by atoms with E-state index in [-0.39, 0.29) is 25.2 Å². The Bertz CT molecular complexity index is 720. The van der Waals surface area contributed by atoms with E-state index in [2.05, 4.69) is 32.9 Å². The number of hydrogen-bond donors (Lipinski definition) is 1. The van der Waals surface area contributed by atoms with Crippen molar-refractivity contribution < 1.29 is 28.9 Å². The van der Waals surface area contributed by atoms with Gasteiger partial charge in [0.15, 0.2) is 6.10 Å². The lowest BCUT2D eigenvalue weighted by Gasteiger charge is -2.15. The minimum absolute atomic E-state index is 0.0707. The Balaban J connectivity index is 1.87. The maximum absolute atomic E-state index is 12.2. The van der Waals surface area contributed by atoms with Gasteiger partial charge in [0.05, 0.1) is 18.8 Å². The molecule has 0 aliphatic carbocycles. The Morgan fingerprint density at radius 2 is 1.24 bits per heavy atom. The molecule has 0 spiro atoms. The molecule has 0 amide bonds. The second-order valence-corrected chi connectivity index (χ2v) is 13.9. The van der Waals surface area contributed by atoms with Gasteiger partial charge in [-0.15, -0.1) is 0 Å². The smallest absolute Gasteiger partial charge is 0.306 e. The number of unbranched alkanes of at least 4 members (excludes halogenated alkanes) is 18. The molecule has 1 fully saturated rings. The highest BCUT2D eigenvalue weighted by atomic mass is 16.6. The van der Waals surface area contributed by atoms with Gasteiger partial charge in [-0.3, -0.25) is 9.59 Å². The molecular formula is C39H72O6. The van der Waals surface area contributed by atoms with E-state index in [1.54, 1.807) is 0 Å². The first-order valence-electron chi connectivity index (χ1n) is 19.2. The molecule has 264 valence electrons. The van der Waals surface area contributed by atoms with Gasteiger partial charge in [-0.1, -0.05) is 148 Å². The molecule has 1 aliphatic rings. The molecule has 0 aromatic heterocycles. The fraction of sp³-hybridized carbons (Fsp3) is 0.897. The van der Waals surface area contributed by atoms with Crippen LogP contribution in [0.4, 0.5) is 0 Å². The number of ether oxygens (including phenoxy) is 3. The molecule has 1 rings (SSSR count). The summed E-state index contributed by atoms with van der Waals surface area (Å²) in [6.45, 7) is 6.44. The molecule has 1 saturated heterocycles. The number of hydrogen-bond acceptors (Lipinski definition) is 6. The summed E-state index contributed by atoms with van der Waals surface area (Å²) in [5.74, 6) is 0.233. The summed E-state index contributed by atoms with van der Waals surface area (Å²) < 4.78 is 16.3. The van der Waals surface area contributed by atoms with Crippen molar-refractivity contribution in [3.05, 3.63) is 12.2 Å². The van der Waals surface area contributed by atoms with E-state index in [0.717, 1.165) is 63.7 Å². The first-order valence-corrected chi connectivity index (χ1v) is 19.2. The van der Waals surface area contributed by atoms with Crippen LogP contribution in [0.5, 0.6) is 0 Å². The number of rotatable bonds is 33. The van der Waals surface area contributed by atoms with Crippen LogP contribution in [0.1, 0.15) is 188 Å². The summed E-state index contributed by atoms with van der Waals surface area (Å²) in [7, 11) is 0. The van der Waals surface area contributed by atoms with Gasteiger partial charge in [-0.05, 0) is 44.4 Å². The Hall–Kier alpha value is -1.40. The predicted molar refractivity (Wildman–Crippen MR) is 186 cm³/mol. The minimum atomic E-state index is -0.777. The maximum atomic E-state index is 12.2. The number of aliphatic hydroxyl groups excluding tert-OH is 1. The van der Waals surface area contributed by atoms with Crippen LogP contribution in [-0.4, -0.2) is 48.6 Å². The van der Waals surface area contributed by atoms with Crippen LogP contribution in [0.2, 0.25) is 0 Å². The first-order chi connectivity index (χ1) is 22.0. The molecule has 0 aromatic rings. The average molecular weight is 637 g/mol. The fourth-order valence-corrected chi connectivity index (χ4v) is 5.86. The highest BCUT2D eigenvalue weighted by Crippen LogP contribution is 2.30. The topological polar surface area (TPSA) is 85.4 Å². The van der Waals surface area contributed by atoms with Crippen LogP contribution in [0.15, 0.2) is 12.2 Å². The molecular weight excluding hydrogens is 564 g/mol. The van der Waals surface area contributed by atoms with Crippen LogP contribution in [0.3, 0.4) is 0 Å². The highest BCUT2D eigenvalue weighted by Gasteiger charge is 2.36. The quantitative estimate of drug-likeness (QED) is 0.0334. The number of carbonyl (C=O) groups excluding carboxylic acids is 2. The molecule has 1 aliphatic heterocycles. The van der Waals surface area contributed by atoms with E-state index >= 15 is 0 Å². The van der Waals surface area contributed by atoms with Crippen molar-refractivity contribution in [2.75, 3.05) is 13.2 Å². The van der Waals surface area contributed by atoms with Crippen LogP contribution in [-0.2, 0) is 23.8 Å². The summed E-state index contributed by atoms with van der Waals surface area (Å²) in [6, 6.07) is 0. The van der Waals surface area contributed by atoms with Crippen molar-refractivity contribution in [2.45, 2.75) is 206 Å². The zero-order valence-corrected chi connectivity index (χ0v) is 29.8. The average Bonchev–Trinajstić information content (AvgIpc) is 3.78. The van der Waals surface area contributed by atoms with Gasteiger partial charge >= 0.3 is 11.9 Å². The SMILES string of the molecule is CCCCCC1OC1C/C=C\CCCCCCCC(=O)O[C@@H](CO)COC(=O)CCCCCCCCCCCCCCC(C)C. The monoisotopic (exact) mass is 637 g/mol. The normalized spacial score (nSPS) is 16.8. The first kappa shape index (κ1) is 41.6. The Morgan fingerprint density at radius 1 is 0.689 bits per heavy atom. The summed E-state index contributed by atoms with van der Waals surface area (Å²) in [4.78, 5) is 24.2. The number of allylic oxidation sites excluding steroid dienone is 1. The van der Waals surface area contributed by atoms with Gasteiger partial charge in [-0.25, -0.2) is 0 Å². The lowest BCUT2D eigenvalue weighted by Crippen LogP contribution is -2.28. The van der Waals surface area contributed by atoms with Crippen molar-refractivity contribution in [1.82, 2.24) is 0 Å². The van der Waals surface area contributed by atoms with E-state index in [1.807, 2.05) is 0 Å². The Morgan fingerprint density at radius 3 is 1.82 bits per heavy atom. The van der Waals surface area contributed by atoms with Crippen molar-refractivity contribution in [1.29, 1.82) is 0 Å². The van der Waals surface area contributed by atoms with E-state index in [4.69, 9.17) is 14.2 Å². The summed E-state index contributed by atoms with van der Waals surface area (Å²) >= 11 is 0. The van der Waals surface area contributed by atoms with E-state index in [1.165, 1.54) is 96.3 Å². The van der Waals surface area contributed by atoms with Gasteiger partial charge in [0, 0.05) is 12.8 Å². The second-order valence-electron chi connectivity index (χ2n) is 13.9. The fourth-order valence-electron chi connectivity index (χ4n) is 5.86. The van der Waals surface area contributed by atoms with Gasteiger partial charge in [-0.2, -0.15) is 0 Å². The molecule has 1 N–H and O–H groups in total. The third-order valence-electron chi connectivity index (χ3n) is 8.91. The van der Waals surface area contributed by atoms with Crippen LogP contribution < -0.4 is 0 Å². The van der Waals surface area contributed by atoms with Crippen LogP contribution >= 0.6 is 0 Å². The van der Waals surface area contributed by atoms with Gasteiger partial charge in [0.1, 0.15) is 6.61 Å². The number of esters is 2. The third kappa shape index (κ3) is 27.4. The molecule has 1 heterocycles. The summed E-state index contributed by atoms with van der Waals surface area (Å²) in [6.07, 6.45) is 34.4. The number of carbonyl (C=O) groups is 2. The molecule has 0 bridgehead atoms. The molecule has 6 heteroatoms. The second kappa shape index (κ2) is 30.0. The van der Waals surface area contributed by atoms with Crippen LogP contribution in [0, 0.1) is 5.92 Å². The lowest BCUT2D eigenvalue weighted by atomic mass is 10.0.